The third-order valence-corrected chi connectivity index (χ3v) is 7.21. The highest BCUT2D eigenvalue weighted by Gasteiger charge is 2.47. The summed E-state index contributed by atoms with van der Waals surface area (Å²) >= 11 is 1.75. The first-order chi connectivity index (χ1) is 14.0. The number of amides is 3. The van der Waals surface area contributed by atoms with Crippen molar-refractivity contribution < 1.29 is 14.0 Å². The van der Waals surface area contributed by atoms with E-state index < -0.39 is 5.82 Å². The van der Waals surface area contributed by atoms with E-state index in [4.69, 9.17) is 0 Å². The highest BCUT2D eigenvalue weighted by Crippen LogP contribution is 2.44. The van der Waals surface area contributed by atoms with Crippen molar-refractivity contribution in [2.24, 2.45) is 0 Å². The van der Waals surface area contributed by atoms with Crippen molar-refractivity contribution in [3.8, 4) is 0 Å². The first kappa shape index (κ1) is 19.8. The van der Waals surface area contributed by atoms with Gasteiger partial charge in [-0.3, -0.25) is 4.79 Å². The fraction of sp³-hybridized carbons (Fsp3) is 0.364. The van der Waals surface area contributed by atoms with Crippen LogP contribution in [0.4, 0.5) is 14.9 Å². The van der Waals surface area contributed by atoms with Gasteiger partial charge in [-0.1, -0.05) is 29.8 Å². The monoisotopic (exact) mass is 413 g/mol. The molecule has 2 aliphatic heterocycles. The molecule has 2 aromatic rings. The summed E-state index contributed by atoms with van der Waals surface area (Å²) in [4.78, 5) is 28.9. The van der Waals surface area contributed by atoms with Crippen LogP contribution in [0, 0.1) is 12.7 Å². The minimum Gasteiger partial charge on any atom is -0.324 e. The van der Waals surface area contributed by atoms with Gasteiger partial charge in [-0.25, -0.2) is 9.18 Å². The van der Waals surface area contributed by atoms with Gasteiger partial charge in [-0.05, 0) is 44.0 Å². The van der Waals surface area contributed by atoms with Crippen LogP contribution in [0.15, 0.2) is 48.5 Å². The Balaban J connectivity index is 1.42. The summed E-state index contributed by atoms with van der Waals surface area (Å²) in [6.07, 6.45) is 1.36. The molecule has 0 bridgehead atoms. The van der Waals surface area contributed by atoms with E-state index in [0.717, 1.165) is 17.0 Å². The second-order valence-corrected chi connectivity index (χ2v) is 8.97. The molecule has 152 valence electrons. The lowest BCUT2D eigenvalue weighted by Gasteiger charge is -2.44. The fourth-order valence-corrected chi connectivity index (χ4v) is 5.44. The third kappa shape index (κ3) is 3.96. The van der Waals surface area contributed by atoms with Crippen LogP contribution in [0.1, 0.15) is 28.8 Å². The van der Waals surface area contributed by atoms with Gasteiger partial charge in [0, 0.05) is 31.1 Å². The van der Waals surface area contributed by atoms with Crippen LogP contribution in [0.5, 0.6) is 0 Å². The number of rotatable bonds is 2. The third-order valence-electron chi connectivity index (χ3n) is 5.66. The molecule has 0 saturated carbocycles. The Morgan fingerprint density at radius 1 is 1.03 bits per heavy atom. The molecule has 0 aromatic heterocycles. The zero-order valence-corrected chi connectivity index (χ0v) is 17.2. The average molecular weight is 414 g/mol. The van der Waals surface area contributed by atoms with E-state index >= 15 is 0 Å². The molecule has 2 aromatic carbocycles. The molecule has 1 N–H and O–H groups in total. The number of aryl methyl sites for hydroxylation is 1. The minimum absolute atomic E-state index is 0.119. The Kier molecular flexibility index (Phi) is 5.50. The smallest absolute Gasteiger partial charge is 0.321 e. The maximum Gasteiger partial charge on any atom is 0.321 e. The van der Waals surface area contributed by atoms with E-state index in [1.165, 1.54) is 6.07 Å². The number of piperidine rings is 1. The van der Waals surface area contributed by atoms with Gasteiger partial charge in [-0.15, -0.1) is 11.8 Å². The van der Waals surface area contributed by atoms with E-state index in [0.29, 0.717) is 32.5 Å². The predicted molar refractivity (Wildman–Crippen MR) is 114 cm³/mol. The Bertz CT molecular complexity index is 911. The summed E-state index contributed by atoms with van der Waals surface area (Å²) in [5, 5.41) is 2.94. The first-order valence-corrected chi connectivity index (χ1v) is 10.8. The van der Waals surface area contributed by atoms with Gasteiger partial charge < -0.3 is 15.1 Å². The van der Waals surface area contributed by atoms with Gasteiger partial charge in [0.2, 0.25) is 0 Å². The number of anilines is 1. The van der Waals surface area contributed by atoms with Crippen molar-refractivity contribution in [2.45, 2.75) is 24.6 Å². The quantitative estimate of drug-likeness (QED) is 0.797. The highest BCUT2D eigenvalue weighted by molar-refractivity contribution is 8.00. The van der Waals surface area contributed by atoms with Crippen molar-refractivity contribution in [1.82, 2.24) is 9.80 Å². The summed E-state index contributed by atoms with van der Waals surface area (Å²) < 4.78 is 14.1. The molecule has 0 unspecified atom stereocenters. The van der Waals surface area contributed by atoms with Crippen molar-refractivity contribution in [3.63, 3.8) is 0 Å². The molecule has 2 heterocycles. The topological polar surface area (TPSA) is 52.7 Å². The fourth-order valence-electron chi connectivity index (χ4n) is 3.99. The zero-order valence-electron chi connectivity index (χ0n) is 16.4. The average Bonchev–Trinajstić information content (AvgIpc) is 3.13. The number of nitrogens with zero attached hydrogens (tertiary/aromatic N) is 2. The molecular formula is C22H24FN3O2S. The largest absolute Gasteiger partial charge is 0.324 e. The summed E-state index contributed by atoms with van der Waals surface area (Å²) in [6.45, 7) is 3.73. The Labute approximate surface area is 174 Å². The molecule has 2 saturated heterocycles. The van der Waals surface area contributed by atoms with E-state index in [1.807, 2.05) is 36.1 Å². The summed E-state index contributed by atoms with van der Waals surface area (Å²) in [5.74, 6) is 0.0839. The van der Waals surface area contributed by atoms with Gasteiger partial charge in [0.05, 0.1) is 10.4 Å². The number of nitrogens with one attached hydrogen (secondary N) is 1. The van der Waals surface area contributed by atoms with Crippen LogP contribution < -0.4 is 5.32 Å². The van der Waals surface area contributed by atoms with Gasteiger partial charge in [0.25, 0.3) is 5.91 Å². The van der Waals surface area contributed by atoms with Crippen LogP contribution >= 0.6 is 11.8 Å². The van der Waals surface area contributed by atoms with Crippen molar-refractivity contribution in [3.05, 3.63) is 65.5 Å². The lowest BCUT2D eigenvalue weighted by atomic mass is 10.0. The van der Waals surface area contributed by atoms with E-state index in [-0.39, 0.29) is 22.4 Å². The van der Waals surface area contributed by atoms with Crippen LogP contribution in [0.3, 0.4) is 0 Å². The maximum absolute atomic E-state index is 14.1. The normalized spacial score (nSPS) is 18.1. The Morgan fingerprint density at radius 2 is 1.72 bits per heavy atom. The van der Waals surface area contributed by atoms with Gasteiger partial charge in [0.1, 0.15) is 5.82 Å². The molecule has 1 spiro atoms. The number of benzene rings is 2. The number of carbonyl (C=O) groups is 2. The second kappa shape index (κ2) is 8.06. The Morgan fingerprint density at radius 3 is 2.41 bits per heavy atom. The molecule has 4 rings (SSSR count). The van der Waals surface area contributed by atoms with E-state index in [9.17, 15) is 14.0 Å². The summed E-state index contributed by atoms with van der Waals surface area (Å²) in [5.41, 5.74) is 2.03. The van der Waals surface area contributed by atoms with Crippen LogP contribution in [-0.2, 0) is 0 Å². The maximum atomic E-state index is 14.1. The zero-order chi connectivity index (χ0) is 20.4. The molecule has 7 heteroatoms. The Hall–Kier alpha value is -2.54. The van der Waals surface area contributed by atoms with Crippen LogP contribution in [-0.4, -0.2) is 52.0 Å². The lowest BCUT2D eigenvalue weighted by molar-refractivity contribution is 0.0581. The molecule has 5 nitrogen and oxygen atoms in total. The molecule has 2 aliphatic rings. The lowest BCUT2D eigenvalue weighted by Crippen LogP contribution is -2.54. The minimum atomic E-state index is -0.487. The first-order valence-electron chi connectivity index (χ1n) is 9.82. The van der Waals surface area contributed by atoms with E-state index in [1.54, 1.807) is 34.9 Å². The number of thioether (sulfide) groups is 1. The summed E-state index contributed by atoms with van der Waals surface area (Å²) in [7, 11) is 0. The summed E-state index contributed by atoms with van der Waals surface area (Å²) in [6, 6.07) is 13.7. The van der Waals surface area contributed by atoms with Crippen LogP contribution in [0.25, 0.3) is 0 Å². The number of urea groups is 1. The van der Waals surface area contributed by atoms with Gasteiger partial charge >= 0.3 is 6.03 Å². The standard InChI is InChI=1S/C22H24FN3O2S/c1-16-6-8-17(9-7-16)24-21(28)25-12-10-22(11-13-25)26(14-15-29-22)20(27)18-4-2-3-5-19(18)23/h2-9H,10-15H2,1H3,(H,24,28). The SMILES string of the molecule is Cc1ccc(NC(=O)N2CCC3(CC2)SCCN3C(=O)c2ccccc2F)cc1. The molecule has 0 aliphatic carbocycles. The highest BCUT2D eigenvalue weighted by atomic mass is 32.2. The van der Waals surface area contributed by atoms with Crippen molar-refractivity contribution in [2.75, 3.05) is 30.7 Å². The van der Waals surface area contributed by atoms with E-state index in [2.05, 4.69) is 5.32 Å². The molecular weight excluding hydrogens is 389 g/mol. The number of hydrogen-bond acceptors (Lipinski definition) is 3. The predicted octanol–water partition coefficient (Wildman–Crippen LogP) is 4.35. The molecule has 0 radical (unpaired) electrons. The number of hydrogen-bond donors (Lipinski definition) is 1. The van der Waals surface area contributed by atoms with Gasteiger partial charge in [-0.2, -0.15) is 0 Å². The number of halogens is 1. The number of carbonyl (C=O) groups excluding carboxylic acids is 2. The van der Waals surface area contributed by atoms with Gasteiger partial charge in [0.15, 0.2) is 0 Å². The molecule has 3 amide bonds. The molecule has 29 heavy (non-hydrogen) atoms. The molecule has 0 atom stereocenters. The van der Waals surface area contributed by atoms with Crippen molar-refractivity contribution >= 4 is 29.4 Å². The second-order valence-electron chi connectivity index (χ2n) is 7.51. The van der Waals surface area contributed by atoms with Crippen molar-refractivity contribution in [1.29, 1.82) is 0 Å². The number of likely N-dealkylation sites (tertiary alicyclic amines) is 1. The molecule has 2 fully saturated rings. The van der Waals surface area contributed by atoms with Crippen LogP contribution in [0.2, 0.25) is 0 Å².